The van der Waals surface area contributed by atoms with Crippen molar-refractivity contribution in [2.75, 3.05) is 0 Å². The highest BCUT2D eigenvalue weighted by molar-refractivity contribution is 9.10. The Morgan fingerprint density at radius 3 is 2.82 bits per heavy atom. The van der Waals surface area contributed by atoms with Crippen molar-refractivity contribution < 1.29 is 9.21 Å². The zero-order chi connectivity index (χ0) is 12.4. The molecule has 1 aromatic heterocycles. The van der Waals surface area contributed by atoms with E-state index in [1.807, 2.05) is 24.3 Å². The van der Waals surface area contributed by atoms with Crippen molar-refractivity contribution in [2.45, 2.75) is 26.7 Å². The molecule has 2 nitrogen and oxygen atoms in total. The monoisotopic (exact) mass is 294 g/mol. The van der Waals surface area contributed by atoms with Crippen LogP contribution in [0.15, 0.2) is 33.2 Å². The lowest BCUT2D eigenvalue weighted by Crippen LogP contribution is -1.99. The Balaban J connectivity index is 2.24. The van der Waals surface area contributed by atoms with Crippen molar-refractivity contribution in [3.63, 3.8) is 0 Å². The molecule has 0 amide bonds. The van der Waals surface area contributed by atoms with Gasteiger partial charge in [-0.2, -0.15) is 0 Å². The van der Waals surface area contributed by atoms with Crippen molar-refractivity contribution in [1.82, 2.24) is 0 Å². The number of carbonyl (C=O) groups is 1. The molecule has 1 heterocycles. The van der Waals surface area contributed by atoms with Gasteiger partial charge >= 0.3 is 0 Å². The van der Waals surface area contributed by atoms with E-state index in [1.165, 1.54) is 0 Å². The lowest BCUT2D eigenvalue weighted by Gasteiger charge is -2.01. The van der Waals surface area contributed by atoms with E-state index in [0.29, 0.717) is 18.1 Å². The smallest absolute Gasteiger partial charge is 0.198 e. The van der Waals surface area contributed by atoms with Gasteiger partial charge in [0.05, 0.1) is 4.47 Å². The first-order valence-corrected chi connectivity index (χ1v) is 6.58. The molecule has 0 unspecified atom stereocenters. The number of para-hydroxylation sites is 1. The maximum absolute atomic E-state index is 11.9. The molecule has 0 spiro atoms. The Hall–Kier alpha value is -1.09. The van der Waals surface area contributed by atoms with Gasteiger partial charge in [-0.05, 0) is 40.4 Å². The molecule has 2 aromatic rings. The fraction of sp³-hybridized carbons (Fsp3) is 0.357. The van der Waals surface area contributed by atoms with Gasteiger partial charge in [0, 0.05) is 11.8 Å². The van der Waals surface area contributed by atoms with Gasteiger partial charge < -0.3 is 4.42 Å². The van der Waals surface area contributed by atoms with Crippen LogP contribution in [0, 0.1) is 5.92 Å². The summed E-state index contributed by atoms with van der Waals surface area (Å²) in [6.07, 6.45) is 1.45. The lowest BCUT2D eigenvalue weighted by molar-refractivity contribution is 0.0950. The van der Waals surface area contributed by atoms with Gasteiger partial charge in [-0.1, -0.05) is 26.0 Å². The number of rotatable bonds is 4. The number of Topliss-reactive ketones (excluding diaryl/α,β-unsaturated/α-hetero) is 1. The topological polar surface area (TPSA) is 30.2 Å². The first kappa shape index (κ1) is 12.4. The molecule has 0 saturated heterocycles. The van der Waals surface area contributed by atoms with Crippen LogP contribution in [0.4, 0.5) is 0 Å². The van der Waals surface area contributed by atoms with E-state index in [0.717, 1.165) is 21.9 Å². The molecule has 2 rings (SSSR count). The summed E-state index contributed by atoms with van der Waals surface area (Å²) in [5, 5.41) is 0.965. The number of ketones is 1. The molecule has 0 aliphatic heterocycles. The molecule has 0 atom stereocenters. The third kappa shape index (κ3) is 2.78. The summed E-state index contributed by atoms with van der Waals surface area (Å²) in [6, 6.07) is 7.62. The maximum atomic E-state index is 11.9. The Morgan fingerprint density at radius 2 is 2.18 bits per heavy atom. The quantitative estimate of drug-likeness (QED) is 0.757. The highest BCUT2D eigenvalue weighted by Crippen LogP contribution is 2.27. The summed E-state index contributed by atoms with van der Waals surface area (Å²) >= 11 is 3.42. The number of fused-ring (bicyclic) bond motifs is 1. The van der Waals surface area contributed by atoms with Gasteiger partial charge in [-0.3, -0.25) is 4.79 Å². The van der Waals surface area contributed by atoms with E-state index in [9.17, 15) is 4.79 Å². The molecule has 0 bridgehead atoms. The third-order valence-electron chi connectivity index (χ3n) is 2.72. The first-order valence-electron chi connectivity index (χ1n) is 5.79. The summed E-state index contributed by atoms with van der Waals surface area (Å²) in [6.45, 7) is 4.23. The van der Waals surface area contributed by atoms with Crippen LogP contribution in [0.25, 0.3) is 11.0 Å². The third-order valence-corrected chi connectivity index (χ3v) is 3.34. The van der Waals surface area contributed by atoms with Crippen molar-refractivity contribution in [3.8, 4) is 0 Å². The van der Waals surface area contributed by atoms with E-state index in [-0.39, 0.29) is 5.78 Å². The molecular formula is C14H15BrO2. The summed E-state index contributed by atoms with van der Waals surface area (Å²) in [5.74, 6) is 1.09. The fourth-order valence-electron chi connectivity index (χ4n) is 1.71. The molecule has 0 radical (unpaired) electrons. The first-order chi connectivity index (χ1) is 8.08. The van der Waals surface area contributed by atoms with Gasteiger partial charge in [0.15, 0.2) is 11.5 Å². The van der Waals surface area contributed by atoms with Crippen molar-refractivity contribution in [2.24, 2.45) is 5.92 Å². The van der Waals surface area contributed by atoms with Crippen LogP contribution in [0.2, 0.25) is 0 Å². The summed E-state index contributed by atoms with van der Waals surface area (Å²) in [7, 11) is 0. The van der Waals surface area contributed by atoms with Crippen molar-refractivity contribution in [3.05, 3.63) is 34.5 Å². The molecular weight excluding hydrogens is 280 g/mol. The van der Waals surface area contributed by atoms with Crippen LogP contribution in [0.5, 0.6) is 0 Å². The standard InChI is InChI=1S/C14H15BrO2/c1-9(2)6-7-12(16)13-8-10-4-3-5-11(15)14(10)17-13/h3-5,8-9H,6-7H2,1-2H3. The number of carbonyl (C=O) groups excluding carboxylic acids is 1. The highest BCUT2D eigenvalue weighted by atomic mass is 79.9. The van der Waals surface area contributed by atoms with Gasteiger partial charge in [0.1, 0.15) is 5.58 Å². The molecule has 0 fully saturated rings. The molecule has 0 aliphatic rings. The zero-order valence-electron chi connectivity index (χ0n) is 10.00. The summed E-state index contributed by atoms with van der Waals surface area (Å²) in [5.41, 5.74) is 0.750. The van der Waals surface area contributed by atoms with E-state index in [2.05, 4.69) is 29.8 Å². The normalized spacial score (nSPS) is 11.3. The average Bonchev–Trinajstić information content (AvgIpc) is 2.71. The SMILES string of the molecule is CC(C)CCC(=O)c1cc2cccc(Br)c2o1. The molecule has 90 valence electrons. The number of benzene rings is 1. The van der Waals surface area contributed by atoms with Crippen molar-refractivity contribution in [1.29, 1.82) is 0 Å². The molecule has 1 aromatic carbocycles. The highest BCUT2D eigenvalue weighted by Gasteiger charge is 2.13. The van der Waals surface area contributed by atoms with Crippen molar-refractivity contribution >= 4 is 32.7 Å². The molecule has 0 aliphatic carbocycles. The zero-order valence-corrected chi connectivity index (χ0v) is 11.6. The van der Waals surface area contributed by atoms with E-state index < -0.39 is 0 Å². The molecule has 17 heavy (non-hydrogen) atoms. The van der Waals surface area contributed by atoms with Crippen LogP contribution in [-0.4, -0.2) is 5.78 Å². The number of halogens is 1. The predicted octanol–water partition coefficient (Wildman–Crippen LogP) is 4.81. The van der Waals surface area contributed by atoms with Crippen LogP contribution < -0.4 is 0 Å². The van der Waals surface area contributed by atoms with E-state index >= 15 is 0 Å². The van der Waals surface area contributed by atoms with Crippen LogP contribution in [-0.2, 0) is 0 Å². The minimum atomic E-state index is 0.0850. The predicted molar refractivity (Wildman–Crippen MR) is 72.3 cm³/mol. The molecule has 3 heteroatoms. The Labute approximate surface area is 109 Å². The molecule has 0 saturated carbocycles. The Bertz CT molecular complexity index is 540. The average molecular weight is 295 g/mol. The minimum absolute atomic E-state index is 0.0850. The molecule has 0 N–H and O–H groups in total. The van der Waals surface area contributed by atoms with Crippen LogP contribution >= 0.6 is 15.9 Å². The Kier molecular flexibility index (Phi) is 3.67. The van der Waals surface area contributed by atoms with Crippen LogP contribution in [0.3, 0.4) is 0 Å². The van der Waals surface area contributed by atoms with Gasteiger partial charge in [-0.15, -0.1) is 0 Å². The minimum Gasteiger partial charge on any atom is -0.452 e. The van der Waals surface area contributed by atoms with E-state index in [1.54, 1.807) is 0 Å². The Morgan fingerprint density at radius 1 is 1.41 bits per heavy atom. The van der Waals surface area contributed by atoms with Gasteiger partial charge in [-0.25, -0.2) is 0 Å². The second-order valence-electron chi connectivity index (χ2n) is 4.62. The number of furan rings is 1. The number of hydrogen-bond acceptors (Lipinski definition) is 2. The fourth-order valence-corrected chi connectivity index (χ4v) is 2.17. The maximum Gasteiger partial charge on any atom is 0.198 e. The largest absolute Gasteiger partial charge is 0.452 e. The summed E-state index contributed by atoms with van der Waals surface area (Å²) < 4.78 is 6.48. The lowest BCUT2D eigenvalue weighted by atomic mass is 10.0. The summed E-state index contributed by atoms with van der Waals surface area (Å²) in [4.78, 5) is 11.9. The van der Waals surface area contributed by atoms with Gasteiger partial charge in [0.25, 0.3) is 0 Å². The second-order valence-corrected chi connectivity index (χ2v) is 5.48. The van der Waals surface area contributed by atoms with Gasteiger partial charge in [0.2, 0.25) is 0 Å². The second kappa shape index (κ2) is 5.05. The van der Waals surface area contributed by atoms with Crippen LogP contribution in [0.1, 0.15) is 37.2 Å². The number of hydrogen-bond donors (Lipinski definition) is 0. The van der Waals surface area contributed by atoms with E-state index in [4.69, 9.17) is 4.42 Å².